The highest BCUT2D eigenvalue weighted by atomic mass is 16.5. The van der Waals surface area contributed by atoms with Crippen LogP contribution in [0.5, 0.6) is 11.5 Å². The first-order chi connectivity index (χ1) is 13.7. The van der Waals surface area contributed by atoms with Gasteiger partial charge in [-0.3, -0.25) is 9.59 Å². The maximum atomic E-state index is 12.1. The van der Waals surface area contributed by atoms with Crippen molar-refractivity contribution in [3.63, 3.8) is 0 Å². The van der Waals surface area contributed by atoms with Crippen molar-refractivity contribution in [3.8, 4) is 11.5 Å². The van der Waals surface area contributed by atoms with Gasteiger partial charge in [-0.2, -0.15) is 0 Å². The van der Waals surface area contributed by atoms with E-state index in [0.717, 1.165) is 22.3 Å². The van der Waals surface area contributed by atoms with E-state index in [1.807, 2.05) is 71.0 Å². The molecule has 0 aliphatic rings. The van der Waals surface area contributed by atoms with Crippen LogP contribution in [0.3, 0.4) is 0 Å². The summed E-state index contributed by atoms with van der Waals surface area (Å²) >= 11 is 0. The maximum absolute atomic E-state index is 12.1. The first-order valence-electron chi connectivity index (χ1n) is 9.70. The zero-order valence-corrected chi connectivity index (χ0v) is 17.8. The molecule has 1 atom stereocenters. The molecular weight excluding hydrogens is 368 g/mol. The molecule has 0 aromatic heterocycles. The second kappa shape index (κ2) is 10.5. The smallest absolute Gasteiger partial charge is 0.258 e. The van der Waals surface area contributed by atoms with E-state index < -0.39 is 0 Å². The summed E-state index contributed by atoms with van der Waals surface area (Å²) in [5.74, 6) is 0.924. The summed E-state index contributed by atoms with van der Waals surface area (Å²) in [5, 5.41) is 5.57. The van der Waals surface area contributed by atoms with Gasteiger partial charge in [0.05, 0.1) is 0 Å². The molecule has 2 aromatic rings. The molecule has 0 aliphatic heterocycles. The van der Waals surface area contributed by atoms with Crippen LogP contribution in [0, 0.1) is 27.7 Å². The molecule has 0 bridgehead atoms. The predicted molar refractivity (Wildman–Crippen MR) is 113 cm³/mol. The van der Waals surface area contributed by atoms with Gasteiger partial charge in [-0.15, -0.1) is 0 Å². The molecule has 0 spiro atoms. The van der Waals surface area contributed by atoms with Gasteiger partial charge in [-0.25, -0.2) is 0 Å². The van der Waals surface area contributed by atoms with Crippen molar-refractivity contribution < 1.29 is 19.1 Å². The van der Waals surface area contributed by atoms with Crippen LogP contribution in [0.4, 0.5) is 0 Å². The Bertz CT molecular complexity index is 864. The van der Waals surface area contributed by atoms with Crippen LogP contribution in [-0.4, -0.2) is 37.6 Å². The number of hydrogen-bond acceptors (Lipinski definition) is 4. The lowest BCUT2D eigenvalue weighted by Gasteiger charge is -2.16. The summed E-state index contributed by atoms with van der Waals surface area (Å²) in [6.45, 7) is 9.81. The lowest BCUT2D eigenvalue weighted by atomic mass is 10.1. The minimum atomic E-state index is -0.237. The van der Waals surface area contributed by atoms with Gasteiger partial charge in [0.15, 0.2) is 13.2 Å². The minimum Gasteiger partial charge on any atom is -0.483 e. The Morgan fingerprint density at radius 3 is 1.83 bits per heavy atom. The normalized spacial score (nSPS) is 11.5. The molecule has 29 heavy (non-hydrogen) atoms. The van der Waals surface area contributed by atoms with Crippen molar-refractivity contribution in [2.24, 2.45) is 0 Å². The summed E-state index contributed by atoms with van der Waals surface area (Å²) < 4.78 is 11.2. The lowest BCUT2D eigenvalue weighted by molar-refractivity contribution is -0.125. The molecule has 0 saturated heterocycles. The number of carbonyl (C=O) groups excluding carboxylic acids is 2. The standard InChI is InChI=1S/C23H30N2O4/c1-15-6-8-17(3)20(10-15)28-13-22(26)24-12-19(5)25-23(27)14-29-21-11-16(2)7-9-18(21)4/h6-11,19H,12-14H2,1-5H3,(H,24,26)(H,25,27)/t19-/m1/s1. The van der Waals surface area contributed by atoms with E-state index in [0.29, 0.717) is 18.0 Å². The second-order valence-corrected chi connectivity index (χ2v) is 7.39. The quantitative estimate of drug-likeness (QED) is 0.681. The van der Waals surface area contributed by atoms with E-state index in [9.17, 15) is 9.59 Å². The van der Waals surface area contributed by atoms with Crippen LogP contribution in [0.2, 0.25) is 0 Å². The van der Waals surface area contributed by atoms with Crippen molar-refractivity contribution in [3.05, 3.63) is 58.7 Å². The fourth-order valence-corrected chi connectivity index (χ4v) is 2.70. The maximum Gasteiger partial charge on any atom is 0.258 e. The molecule has 6 heteroatoms. The molecule has 156 valence electrons. The first kappa shape index (κ1) is 22.3. The summed E-state index contributed by atoms with van der Waals surface area (Å²) in [4.78, 5) is 24.1. The molecule has 2 rings (SSSR count). The van der Waals surface area contributed by atoms with Gasteiger partial charge in [0.1, 0.15) is 11.5 Å². The van der Waals surface area contributed by atoms with Crippen LogP contribution < -0.4 is 20.1 Å². The Morgan fingerprint density at radius 2 is 1.31 bits per heavy atom. The van der Waals surface area contributed by atoms with Crippen molar-refractivity contribution >= 4 is 11.8 Å². The number of nitrogens with one attached hydrogen (secondary N) is 2. The van der Waals surface area contributed by atoms with Gasteiger partial charge in [0.2, 0.25) is 0 Å². The molecule has 2 amide bonds. The fourth-order valence-electron chi connectivity index (χ4n) is 2.70. The van der Waals surface area contributed by atoms with Crippen LogP contribution in [-0.2, 0) is 9.59 Å². The van der Waals surface area contributed by atoms with Crippen LogP contribution >= 0.6 is 0 Å². The Balaban J connectivity index is 1.69. The Hall–Kier alpha value is -3.02. The third-order valence-electron chi connectivity index (χ3n) is 4.42. The number of aryl methyl sites for hydroxylation is 4. The van der Waals surface area contributed by atoms with Crippen molar-refractivity contribution in [2.75, 3.05) is 19.8 Å². The van der Waals surface area contributed by atoms with Gasteiger partial charge in [0.25, 0.3) is 11.8 Å². The molecule has 0 saturated carbocycles. The molecule has 0 aliphatic carbocycles. The highest BCUT2D eigenvalue weighted by Gasteiger charge is 2.11. The zero-order valence-electron chi connectivity index (χ0n) is 17.8. The third-order valence-corrected chi connectivity index (χ3v) is 4.42. The Labute approximate surface area is 172 Å². The molecule has 0 radical (unpaired) electrons. The van der Waals surface area contributed by atoms with E-state index in [4.69, 9.17) is 9.47 Å². The highest BCUT2D eigenvalue weighted by molar-refractivity contribution is 5.79. The van der Waals surface area contributed by atoms with E-state index in [2.05, 4.69) is 10.6 Å². The third kappa shape index (κ3) is 7.49. The second-order valence-electron chi connectivity index (χ2n) is 7.39. The molecule has 2 N–H and O–H groups in total. The minimum absolute atomic E-state index is 0.0687. The molecular formula is C23H30N2O4. The fraction of sp³-hybridized carbons (Fsp3) is 0.391. The van der Waals surface area contributed by atoms with E-state index in [-0.39, 0.29) is 31.1 Å². The number of hydrogen-bond donors (Lipinski definition) is 2. The average molecular weight is 399 g/mol. The van der Waals surface area contributed by atoms with Gasteiger partial charge in [0, 0.05) is 12.6 Å². The van der Waals surface area contributed by atoms with Gasteiger partial charge in [-0.1, -0.05) is 24.3 Å². The monoisotopic (exact) mass is 398 g/mol. The van der Waals surface area contributed by atoms with Gasteiger partial charge < -0.3 is 20.1 Å². The van der Waals surface area contributed by atoms with E-state index in [1.54, 1.807) is 0 Å². The lowest BCUT2D eigenvalue weighted by Crippen LogP contribution is -2.44. The molecule has 0 unspecified atom stereocenters. The van der Waals surface area contributed by atoms with Crippen LogP contribution in [0.15, 0.2) is 36.4 Å². The number of amides is 2. The van der Waals surface area contributed by atoms with Crippen molar-refractivity contribution in [1.29, 1.82) is 0 Å². The number of carbonyl (C=O) groups is 2. The summed E-state index contributed by atoms with van der Waals surface area (Å²) in [7, 11) is 0. The topological polar surface area (TPSA) is 76.7 Å². The zero-order chi connectivity index (χ0) is 21.4. The number of rotatable bonds is 9. The first-order valence-corrected chi connectivity index (χ1v) is 9.70. The number of benzene rings is 2. The Kier molecular flexibility index (Phi) is 8.07. The van der Waals surface area contributed by atoms with Crippen molar-refractivity contribution in [1.82, 2.24) is 10.6 Å². The largest absolute Gasteiger partial charge is 0.483 e. The SMILES string of the molecule is Cc1ccc(C)c(OCC(=O)NC[C@@H](C)NC(=O)COc2cc(C)ccc2C)c1. The van der Waals surface area contributed by atoms with Crippen molar-refractivity contribution in [2.45, 2.75) is 40.7 Å². The van der Waals surface area contributed by atoms with Gasteiger partial charge >= 0.3 is 0 Å². The summed E-state index contributed by atoms with van der Waals surface area (Å²) in [5.41, 5.74) is 4.11. The summed E-state index contributed by atoms with van der Waals surface area (Å²) in [6, 6.07) is 11.5. The molecule has 0 heterocycles. The van der Waals surface area contributed by atoms with Crippen LogP contribution in [0.25, 0.3) is 0 Å². The van der Waals surface area contributed by atoms with E-state index in [1.165, 1.54) is 0 Å². The Morgan fingerprint density at radius 1 is 0.828 bits per heavy atom. The van der Waals surface area contributed by atoms with Gasteiger partial charge in [-0.05, 0) is 69.0 Å². The average Bonchev–Trinajstić information content (AvgIpc) is 2.67. The summed E-state index contributed by atoms with van der Waals surface area (Å²) in [6.07, 6.45) is 0. The number of ether oxygens (including phenoxy) is 2. The highest BCUT2D eigenvalue weighted by Crippen LogP contribution is 2.19. The molecule has 2 aromatic carbocycles. The van der Waals surface area contributed by atoms with E-state index >= 15 is 0 Å². The predicted octanol–water partition coefficient (Wildman–Crippen LogP) is 3.00. The molecule has 0 fully saturated rings. The van der Waals surface area contributed by atoms with Crippen LogP contribution in [0.1, 0.15) is 29.2 Å². The molecule has 6 nitrogen and oxygen atoms in total.